The lowest BCUT2D eigenvalue weighted by molar-refractivity contribution is -0.384. The first-order chi connectivity index (χ1) is 14.4. The van der Waals surface area contributed by atoms with Crippen LogP contribution < -0.4 is 9.54 Å². The third-order valence-electron chi connectivity index (χ3n) is 4.08. The summed E-state index contributed by atoms with van der Waals surface area (Å²) in [5.74, 6) is -0.518. The van der Waals surface area contributed by atoms with Crippen molar-refractivity contribution in [2.45, 2.75) is 26.5 Å². The lowest BCUT2D eigenvalue weighted by Crippen LogP contribution is -2.27. The highest BCUT2D eigenvalue weighted by atomic mass is 32.1. The predicted molar refractivity (Wildman–Crippen MR) is 110 cm³/mol. The van der Waals surface area contributed by atoms with Gasteiger partial charge in [0, 0.05) is 12.1 Å². The van der Waals surface area contributed by atoms with Crippen LogP contribution in [-0.4, -0.2) is 34.1 Å². The van der Waals surface area contributed by atoms with Gasteiger partial charge in [-0.25, -0.2) is 0 Å². The number of carbonyl (C=O) groups is 2. The topological polar surface area (TPSA) is 113 Å². The van der Waals surface area contributed by atoms with Crippen LogP contribution in [0.4, 0.5) is 5.69 Å². The van der Waals surface area contributed by atoms with E-state index in [-0.39, 0.29) is 23.6 Å². The van der Waals surface area contributed by atoms with Crippen LogP contribution in [-0.2, 0) is 20.9 Å². The number of para-hydroxylation sites is 1. The minimum atomic E-state index is -0.858. The molecule has 1 heterocycles. The molecule has 0 spiro atoms. The van der Waals surface area contributed by atoms with Gasteiger partial charge in [-0.3, -0.25) is 19.7 Å². The predicted octanol–water partition coefficient (Wildman–Crippen LogP) is 3.07. The molecule has 0 saturated heterocycles. The number of nitro benzene ring substituents is 1. The molecule has 1 unspecified atom stereocenters. The smallest absolute Gasteiger partial charge is 0.326 e. The van der Waals surface area contributed by atoms with Crippen molar-refractivity contribution >= 4 is 39.1 Å². The van der Waals surface area contributed by atoms with Gasteiger partial charge in [-0.2, -0.15) is 4.99 Å². The molecule has 0 aliphatic rings. The molecular formula is C20H19N3O6S. The van der Waals surface area contributed by atoms with Gasteiger partial charge in [-0.1, -0.05) is 29.5 Å². The van der Waals surface area contributed by atoms with E-state index in [1.807, 2.05) is 6.07 Å². The number of benzene rings is 2. The van der Waals surface area contributed by atoms with Crippen molar-refractivity contribution in [1.82, 2.24) is 4.57 Å². The number of amides is 1. The molecule has 0 fully saturated rings. The van der Waals surface area contributed by atoms with E-state index in [1.165, 1.54) is 22.8 Å². The summed E-state index contributed by atoms with van der Waals surface area (Å²) in [7, 11) is 0. The maximum absolute atomic E-state index is 12.6. The number of rotatable bonds is 7. The number of hydrogen-bond acceptors (Lipinski definition) is 7. The van der Waals surface area contributed by atoms with Gasteiger partial charge in [0.05, 0.1) is 21.7 Å². The third-order valence-corrected chi connectivity index (χ3v) is 5.12. The quantitative estimate of drug-likeness (QED) is 0.324. The minimum absolute atomic E-state index is 0.0920. The second kappa shape index (κ2) is 9.31. The van der Waals surface area contributed by atoms with Crippen LogP contribution in [0.5, 0.6) is 5.75 Å². The zero-order valence-corrected chi connectivity index (χ0v) is 17.1. The highest BCUT2D eigenvalue weighted by Gasteiger charge is 2.18. The lowest BCUT2D eigenvalue weighted by atomic mass is 10.3. The molecule has 1 atom stereocenters. The van der Waals surface area contributed by atoms with Crippen molar-refractivity contribution in [3.63, 3.8) is 0 Å². The number of aromatic nitrogens is 1. The van der Waals surface area contributed by atoms with E-state index in [9.17, 15) is 19.7 Å². The molecule has 3 rings (SSSR count). The summed E-state index contributed by atoms with van der Waals surface area (Å²) in [6.07, 6.45) is -0.858. The van der Waals surface area contributed by atoms with E-state index in [2.05, 4.69) is 4.99 Å². The van der Waals surface area contributed by atoms with Crippen LogP contribution >= 0.6 is 11.3 Å². The average molecular weight is 429 g/mol. The Morgan fingerprint density at radius 1 is 1.23 bits per heavy atom. The first-order valence-electron chi connectivity index (χ1n) is 9.12. The van der Waals surface area contributed by atoms with E-state index in [4.69, 9.17) is 9.47 Å². The Bertz CT molecular complexity index is 1150. The lowest BCUT2D eigenvalue weighted by Gasteiger charge is -2.10. The number of nitrogens with zero attached hydrogens (tertiary/aromatic N) is 3. The molecule has 0 aliphatic carbocycles. The third kappa shape index (κ3) is 4.90. The fourth-order valence-corrected chi connectivity index (χ4v) is 3.76. The molecule has 1 aromatic heterocycles. The normalized spacial score (nSPS) is 12.5. The van der Waals surface area contributed by atoms with Gasteiger partial charge in [-0.05, 0) is 32.0 Å². The van der Waals surface area contributed by atoms with Crippen molar-refractivity contribution in [1.29, 1.82) is 0 Å². The van der Waals surface area contributed by atoms with E-state index in [0.29, 0.717) is 16.0 Å². The number of fused-ring (bicyclic) bond motifs is 1. The molecular weight excluding hydrogens is 410 g/mol. The van der Waals surface area contributed by atoms with Gasteiger partial charge in [0.15, 0.2) is 10.9 Å². The molecule has 30 heavy (non-hydrogen) atoms. The largest absolute Gasteiger partial charge is 0.481 e. The summed E-state index contributed by atoms with van der Waals surface area (Å²) in [6.45, 7) is 3.30. The summed E-state index contributed by atoms with van der Waals surface area (Å²) in [6, 6.07) is 13.1. The molecule has 10 heteroatoms. The molecule has 0 saturated carbocycles. The highest BCUT2D eigenvalue weighted by Crippen LogP contribution is 2.23. The second-order valence-electron chi connectivity index (χ2n) is 6.21. The first-order valence-corrected chi connectivity index (χ1v) is 9.94. The molecule has 9 nitrogen and oxygen atoms in total. The SMILES string of the molecule is CCOC(=O)Cn1c(=NC(=O)C(C)Oc2ccccc2)sc2cc([N+](=O)[O-])ccc21. The molecule has 156 valence electrons. The first kappa shape index (κ1) is 21.2. The van der Waals surface area contributed by atoms with E-state index in [0.717, 1.165) is 11.3 Å². The van der Waals surface area contributed by atoms with Crippen LogP contribution in [0.3, 0.4) is 0 Å². The Hall–Kier alpha value is -3.53. The number of esters is 1. The molecule has 1 amide bonds. The summed E-state index contributed by atoms with van der Waals surface area (Å²) in [4.78, 5) is 39.6. The monoisotopic (exact) mass is 429 g/mol. The van der Waals surface area contributed by atoms with E-state index >= 15 is 0 Å². The van der Waals surface area contributed by atoms with Crippen LogP contribution in [0.25, 0.3) is 10.2 Å². The highest BCUT2D eigenvalue weighted by molar-refractivity contribution is 7.16. The molecule has 2 aromatic carbocycles. The van der Waals surface area contributed by atoms with Gasteiger partial charge in [0.1, 0.15) is 12.3 Å². The summed E-state index contributed by atoms with van der Waals surface area (Å²) in [5, 5.41) is 11.1. The zero-order chi connectivity index (χ0) is 21.7. The Morgan fingerprint density at radius 2 is 1.97 bits per heavy atom. The second-order valence-corrected chi connectivity index (χ2v) is 7.22. The van der Waals surface area contributed by atoms with Crippen molar-refractivity contribution in [3.05, 3.63) is 63.4 Å². The van der Waals surface area contributed by atoms with Gasteiger partial charge < -0.3 is 14.0 Å². The Morgan fingerprint density at radius 3 is 2.63 bits per heavy atom. The summed E-state index contributed by atoms with van der Waals surface area (Å²) >= 11 is 1.08. The fraction of sp³-hybridized carbons (Fsp3) is 0.250. The van der Waals surface area contributed by atoms with Gasteiger partial charge in [0.25, 0.3) is 11.6 Å². The number of thiazole rings is 1. The van der Waals surface area contributed by atoms with E-state index < -0.39 is 22.9 Å². The molecule has 0 N–H and O–H groups in total. The minimum Gasteiger partial charge on any atom is -0.481 e. The van der Waals surface area contributed by atoms with Gasteiger partial charge in [-0.15, -0.1) is 0 Å². The maximum Gasteiger partial charge on any atom is 0.326 e. The fourth-order valence-electron chi connectivity index (χ4n) is 2.69. The standard InChI is InChI=1S/C20H19N3O6S/c1-3-28-18(24)12-22-16-10-9-14(23(26)27)11-17(16)30-20(22)21-19(25)13(2)29-15-7-5-4-6-8-15/h4-11,13H,3,12H2,1-2H3. The van der Waals surface area contributed by atoms with Crippen molar-refractivity contribution < 1.29 is 24.0 Å². The van der Waals surface area contributed by atoms with Crippen LogP contribution in [0, 0.1) is 10.1 Å². The molecule has 0 radical (unpaired) electrons. The number of nitro groups is 1. The number of non-ortho nitro benzene ring substituents is 1. The Kier molecular flexibility index (Phi) is 6.58. The molecule has 3 aromatic rings. The number of hydrogen-bond donors (Lipinski definition) is 0. The maximum atomic E-state index is 12.6. The van der Waals surface area contributed by atoms with Crippen LogP contribution in [0.2, 0.25) is 0 Å². The zero-order valence-electron chi connectivity index (χ0n) is 16.3. The summed E-state index contributed by atoms with van der Waals surface area (Å²) in [5.41, 5.74) is 0.451. The average Bonchev–Trinajstić information content (AvgIpc) is 3.05. The Balaban J connectivity index is 2.00. The van der Waals surface area contributed by atoms with Crippen LogP contribution in [0.1, 0.15) is 13.8 Å². The van der Waals surface area contributed by atoms with Crippen LogP contribution in [0.15, 0.2) is 53.5 Å². The number of ether oxygens (including phenoxy) is 2. The van der Waals surface area contributed by atoms with Gasteiger partial charge in [0.2, 0.25) is 0 Å². The van der Waals surface area contributed by atoms with Gasteiger partial charge >= 0.3 is 5.97 Å². The number of carbonyl (C=O) groups excluding carboxylic acids is 2. The van der Waals surface area contributed by atoms with E-state index in [1.54, 1.807) is 38.1 Å². The summed E-state index contributed by atoms with van der Waals surface area (Å²) < 4.78 is 12.6. The molecule has 0 bridgehead atoms. The van der Waals surface area contributed by atoms with Crippen molar-refractivity contribution in [3.8, 4) is 5.75 Å². The molecule has 0 aliphatic heterocycles. The van der Waals surface area contributed by atoms with Crippen molar-refractivity contribution in [2.24, 2.45) is 4.99 Å². The van der Waals surface area contributed by atoms with Crippen molar-refractivity contribution in [2.75, 3.05) is 6.61 Å². The Labute approximate surface area is 175 Å².